The lowest BCUT2D eigenvalue weighted by molar-refractivity contribution is -0.111. The molecule has 25 heavy (non-hydrogen) atoms. The van der Waals surface area contributed by atoms with E-state index in [1.807, 2.05) is 24.3 Å². The minimum atomic E-state index is -0.419. The lowest BCUT2D eigenvalue weighted by atomic mass is 10.1. The molecule has 0 saturated heterocycles. The van der Waals surface area contributed by atoms with Crippen molar-refractivity contribution in [3.05, 3.63) is 71.8 Å². The first-order valence-electron chi connectivity index (χ1n) is 8.22. The van der Waals surface area contributed by atoms with Gasteiger partial charge in [0, 0.05) is 11.3 Å². The van der Waals surface area contributed by atoms with E-state index >= 15 is 0 Å². The van der Waals surface area contributed by atoms with Crippen LogP contribution < -0.4 is 0 Å². The van der Waals surface area contributed by atoms with Crippen LogP contribution in [0.3, 0.4) is 0 Å². The topological polar surface area (TPSA) is 43.4 Å². The Morgan fingerprint density at radius 1 is 1.04 bits per heavy atom. The Morgan fingerprint density at radius 2 is 1.72 bits per heavy atom. The molecule has 0 unspecified atom stereocenters. The minimum Gasteiger partial charge on any atom is -0.465 e. The summed E-state index contributed by atoms with van der Waals surface area (Å²) in [6, 6.07) is 17.2. The zero-order valence-corrected chi connectivity index (χ0v) is 15.3. The molecule has 0 fully saturated rings. The summed E-state index contributed by atoms with van der Waals surface area (Å²) in [6.45, 7) is 2.08. The molecule has 2 aromatic carbocycles. The normalized spacial score (nSPS) is 11.2. The van der Waals surface area contributed by atoms with Crippen molar-refractivity contribution < 1.29 is 14.3 Å². The Balaban J connectivity index is 1.85. The minimum absolute atomic E-state index is 0.0575. The molecule has 2 rings (SSSR count). The van der Waals surface area contributed by atoms with Crippen LogP contribution in [0.4, 0.5) is 0 Å². The third-order valence-electron chi connectivity index (χ3n) is 3.78. The van der Waals surface area contributed by atoms with Crippen molar-refractivity contribution in [1.82, 2.24) is 0 Å². The van der Waals surface area contributed by atoms with Gasteiger partial charge < -0.3 is 4.74 Å². The highest BCUT2D eigenvalue weighted by Crippen LogP contribution is 2.26. The number of allylic oxidation sites excluding steroid dienone is 2. The first-order chi connectivity index (χ1) is 12.1. The van der Waals surface area contributed by atoms with Gasteiger partial charge in [0.2, 0.25) is 0 Å². The predicted octanol–water partition coefficient (Wildman–Crippen LogP) is 5.37. The van der Waals surface area contributed by atoms with Crippen LogP contribution >= 0.6 is 11.8 Å². The molecule has 0 aliphatic heterocycles. The van der Waals surface area contributed by atoms with Crippen molar-refractivity contribution >= 4 is 28.4 Å². The molecule has 0 saturated carbocycles. The lowest BCUT2D eigenvalue weighted by Gasteiger charge is -2.06. The van der Waals surface area contributed by atoms with E-state index in [9.17, 15) is 9.59 Å². The van der Waals surface area contributed by atoms with E-state index < -0.39 is 5.97 Å². The third kappa shape index (κ3) is 5.91. The molecule has 0 N–H and O–H groups in total. The second-order valence-electron chi connectivity index (χ2n) is 5.61. The molecule has 0 heterocycles. The number of ether oxygens (including phenoxy) is 1. The number of unbranched alkanes of at least 4 members (excludes halogenated alkanes) is 1. The first kappa shape index (κ1) is 19.0. The molecule has 3 nitrogen and oxygen atoms in total. The number of thioether (sulfide) groups is 1. The maximum Gasteiger partial charge on any atom is 0.339 e. The molecule has 0 atom stereocenters. The Kier molecular flexibility index (Phi) is 7.48. The molecule has 0 bridgehead atoms. The summed E-state index contributed by atoms with van der Waals surface area (Å²) < 4.78 is 4.75. The summed E-state index contributed by atoms with van der Waals surface area (Å²) >= 11 is 1.11. The molecule has 0 aromatic heterocycles. The quantitative estimate of drug-likeness (QED) is 0.381. The van der Waals surface area contributed by atoms with Crippen molar-refractivity contribution in [1.29, 1.82) is 0 Å². The summed E-state index contributed by atoms with van der Waals surface area (Å²) in [5.74, 6) is -0.419. The zero-order valence-electron chi connectivity index (χ0n) is 14.5. The fourth-order valence-corrected chi connectivity index (χ4v) is 3.29. The van der Waals surface area contributed by atoms with Crippen LogP contribution in [0.2, 0.25) is 0 Å². The average Bonchev–Trinajstić information content (AvgIpc) is 2.65. The molecule has 130 valence electrons. The molecule has 0 spiro atoms. The standard InChI is InChI=1S/C21H22O3S/c1-16(17-11-4-3-5-12-17)10-6-9-15-20(22)25-19-14-8-7-13-18(19)21(23)24-2/h3-5,7-8,10-14H,6,9,15H2,1-2H3/b16-10+. The van der Waals surface area contributed by atoms with E-state index in [0.29, 0.717) is 16.9 Å². The molecule has 0 aliphatic carbocycles. The van der Waals surface area contributed by atoms with E-state index in [4.69, 9.17) is 4.74 Å². The maximum atomic E-state index is 12.2. The van der Waals surface area contributed by atoms with Gasteiger partial charge in [0.15, 0.2) is 5.12 Å². The number of hydrogen-bond donors (Lipinski definition) is 0. The summed E-state index contributed by atoms with van der Waals surface area (Å²) in [4.78, 5) is 24.6. The monoisotopic (exact) mass is 354 g/mol. The largest absolute Gasteiger partial charge is 0.465 e. The molecule has 2 aromatic rings. The third-order valence-corrected chi connectivity index (χ3v) is 4.79. The van der Waals surface area contributed by atoms with Crippen LogP contribution in [-0.2, 0) is 9.53 Å². The van der Waals surface area contributed by atoms with E-state index in [1.165, 1.54) is 18.2 Å². The number of carbonyl (C=O) groups is 2. The molecule has 0 radical (unpaired) electrons. The van der Waals surface area contributed by atoms with Gasteiger partial charge in [0.05, 0.1) is 12.7 Å². The number of esters is 1. The van der Waals surface area contributed by atoms with Gasteiger partial charge in [-0.3, -0.25) is 4.79 Å². The van der Waals surface area contributed by atoms with E-state index in [2.05, 4.69) is 25.1 Å². The SMILES string of the molecule is COC(=O)c1ccccc1SC(=O)CCC/C=C(\C)c1ccccc1. The summed E-state index contributed by atoms with van der Waals surface area (Å²) in [7, 11) is 1.34. The van der Waals surface area contributed by atoms with Crippen molar-refractivity contribution in [3.63, 3.8) is 0 Å². The molecule has 0 amide bonds. The molecule has 4 heteroatoms. The van der Waals surface area contributed by atoms with Crippen LogP contribution in [0.5, 0.6) is 0 Å². The first-order valence-corrected chi connectivity index (χ1v) is 9.03. The van der Waals surface area contributed by atoms with Gasteiger partial charge in [-0.2, -0.15) is 0 Å². The second-order valence-corrected chi connectivity index (χ2v) is 6.71. The Morgan fingerprint density at radius 3 is 2.44 bits per heavy atom. The molecule has 0 aliphatic rings. The van der Waals surface area contributed by atoms with Gasteiger partial charge in [-0.1, -0.05) is 60.3 Å². The van der Waals surface area contributed by atoms with Crippen LogP contribution in [0, 0.1) is 0 Å². The lowest BCUT2D eigenvalue weighted by Crippen LogP contribution is -2.04. The predicted molar refractivity (Wildman–Crippen MR) is 103 cm³/mol. The van der Waals surface area contributed by atoms with Gasteiger partial charge in [0.25, 0.3) is 0 Å². The highest BCUT2D eigenvalue weighted by atomic mass is 32.2. The van der Waals surface area contributed by atoms with Crippen molar-refractivity contribution in [2.45, 2.75) is 31.1 Å². The number of benzene rings is 2. The fourth-order valence-electron chi connectivity index (χ4n) is 2.39. The summed E-state index contributed by atoms with van der Waals surface area (Å²) in [6.07, 6.45) is 4.27. The zero-order chi connectivity index (χ0) is 18.1. The number of methoxy groups -OCH3 is 1. The Hall–Kier alpha value is -2.33. The van der Waals surface area contributed by atoms with E-state index in [1.54, 1.807) is 18.2 Å². The van der Waals surface area contributed by atoms with Crippen molar-refractivity contribution in [2.75, 3.05) is 7.11 Å². The summed E-state index contributed by atoms with van der Waals surface area (Å²) in [5.41, 5.74) is 2.86. The van der Waals surface area contributed by atoms with Gasteiger partial charge >= 0.3 is 5.97 Å². The maximum absolute atomic E-state index is 12.2. The number of carbonyl (C=O) groups excluding carboxylic acids is 2. The van der Waals surface area contributed by atoms with Gasteiger partial charge in [-0.15, -0.1) is 0 Å². The Bertz CT molecular complexity index is 751. The van der Waals surface area contributed by atoms with Crippen LogP contribution in [0.25, 0.3) is 5.57 Å². The highest BCUT2D eigenvalue weighted by molar-refractivity contribution is 8.13. The number of rotatable bonds is 7. The average molecular weight is 354 g/mol. The number of hydrogen-bond acceptors (Lipinski definition) is 4. The second kappa shape index (κ2) is 9.84. The summed E-state index contributed by atoms with van der Waals surface area (Å²) in [5, 5.41) is 0.0575. The smallest absolute Gasteiger partial charge is 0.339 e. The van der Waals surface area contributed by atoms with Crippen LogP contribution in [0.1, 0.15) is 42.1 Å². The van der Waals surface area contributed by atoms with Crippen molar-refractivity contribution in [2.24, 2.45) is 0 Å². The fraction of sp³-hybridized carbons (Fsp3) is 0.238. The van der Waals surface area contributed by atoms with Crippen LogP contribution in [0.15, 0.2) is 65.6 Å². The van der Waals surface area contributed by atoms with Gasteiger partial charge in [0.1, 0.15) is 0 Å². The van der Waals surface area contributed by atoms with E-state index in [0.717, 1.165) is 24.6 Å². The highest BCUT2D eigenvalue weighted by Gasteiger charge is 2.14. The Labute approximate surface area is 153 Å². The van der Waals surface area contributed by atoms with Crippen molar-refractivity contribution in [3.8, 4) is 0 Å². The molecular weight excluding hydrogens is 332 g/mol. The van der Waals surface area contributed by atoms with E-state index in [-0.39, 0.29) is 5.12 Å². The molecular formula is C21H22O3S. The van der Waals surface area contributed by atoms with Gasteiger partial charge in [-0.05, 0) is 43.0 Å². The van der Waals surface area contributed by atoms with Crippen LogP contribution in [-0.4, -0.2) is 18.2 Å². The van der Waals surface area contributed by atoms with Gasteiger partial charge in [-0.25, -0.2) is 4.79 Å².